The van der Waals surface area contributed by atoms with E-state index < -0.39 is 5.82 Å². The van der Waals surface area contributed by atoms with Gasteiger partial charge in [0.25, 0.3) is 0 Å². The highest BCUT2D eigenvalue weighted by atomic mass is 19.1. The second-order valence-electron chi connectivity index (χ2n) is 8.40. The Hall–Kier alpha value is -3.69. The molecule has 0 saturated carbocycles. The maximum atomic E-state index is 14.2. The molecule has 33 heavy (non-hydrogen) atoms. The van der Waals surface area contributed by atoms with Crippen molar-refractivity contribution in [3.8, 4) is 11.4 Å². The van der Waals surface area contributed by atoms with Crippen LogP contribution < -0.4 is 15.8 Å². The summed E-state index contributed by atoms with van der Waals surface area (Å²) in [5.74, 6) is -0.0993. The quantitative estimate of drug-likeness (QED) is 0.535. The van der Waals surface area contributed by atoms with Gasteiger partial charge in [-0.15, -0.1) is 0 Å². The van der Waals surface area contributed by atoms with Crippen molar-refractivity contribution < 1.29 is 9.18 Å². The van der Waals surface area contributed by atoms with Crippen molar-refractivity contribution in [1.82, 2.24) is 30.1 Å². The lowest BCUT2D eigenvalue weighted by atomic mass is 9.84. The van der Waals surface area contributed by atoms with E-state index in [1.165, 1.54) is 10.9 Å². The van der Waals surface area contributed by atoms with Crippen LogP contribution in [0, 0.1) is 5.82 Å². The lowest BCUT2D eigenvalue weighted by molar-refractivity contribution is 0.139. The molecule has 2 aromatic heterocycles. The van der Waals surface area contributed by atoms with Crippen LogP contribution in [0.4, 0.5) is 15.1 Å². The van der Waals surface area contributed by atoms with E-state index in [1.54, 1.807) is 28.4 Å². The number of H-pyrrole nitrogens is 1. The first kappa shape index (κ1) is 21.2. The van der Waals surface area contributed by atoms with Gasteiger partial charge in [-0.2, -0.15) is 10.2 Å². The standard InChI is InChI=1S/C21H23B2FN8O/c22-14-9-13(10-15(23)11-14)18-2-4-27-32(18)21(33)31-7-5-30(6-8-31)20-25-12-16(24)19(28-20)17-1-3-26-29-17/h1,3-4,9-12,18H,2,5-8,22-23H2,(H,26,29). The molecule has 2 aliphatic rings. The van der Waals surface area contributed by atoms with E-state index in [-0.39, 0.29) is 17.8 Å². The number of benzene rings is 1. The Labute approximate surface area is 192 Å². The van der Waals surface area contributed by atoms with E-state index in [0.717, 1.165) is 11.8 Å². The fourth-order valence-corrected chi connectivity index (χ4v) is 4.40. The lowest BCUT2D eigenvalue weighted by Gasteiger charge is -2.37. The summed E-state index contributed by atoms with van der Waals surface area (Å²) < 4.78 is 14.2. The van der Waals surface area contributed by atoms with Crippen LogP contribution in [0.1, 0.15) is 18.0 Å². The number of hydrogen-bond donors (Lipinski definition) is 1. The second kappa shape index (κ2) is 8.68. The Morgan fingerprint density at radius 3 is 2.58 bits per heavy atom. The van der Waals surface area contributed by atoms with Crippen molar-refractivity contribution in [3.63, 3.8) is 0 Å². The van der Waals surface area contributed by atoms with E-state index in [1.807, 2.05) is 4.90 Å². The van der Waals surface area contributed by atoms with Gasteiger partial charge in [-0.3, -0.25) is 5.10 Å². The van der Waals surface area contributed by atoms with E-state index >= 15 is 0 Å². The van der Waals surface area contributed by atoms with Gasteiger partial charge in [-0.25, -0.2) is 24.2 Å². The predicted molar refractivity (Wildman–Crippen MR) is 129 cm³/mol. The molecule has 1 atom stereocenters. The molecule has 0 radical (unpaired) electrons. The Balaban J connectivity index is 1.27. The van der Waals surface area contributed by atoms with E-state index in [9.17, 15) is 9.18 Å². The Kier molecular flexibility index (Phi) is 5.57. The molecule has 0 spiro atoms. The number of hydrogen-bond acceptors (Lipinski definition) is 6. The number of aromatic nitrogens is 4. The minimum atomic E-state index is -0.524. The van der Waals surface area contributed by atoms with Gasteiger partial charge >= 0.3 is 6.03 Å². The number of nitrogens with one attached hydrogen (secondary N) is 1. The molecule has 5 rings (SSSR count). The monoisotopic (exact) mass is 444 g/mol. The number of urea groups is 1. The predicted octanol–water partition coefficient (Wildman–Crippen LogP) is -0.803. The van der Waals surface area contributed by atoms with Gasteiger partial charge in [-0.05, 0) is 11.6 Å². The first-order valence-electron chi connectivity index (χ1n) is 11.0. The molecule has 166 valence electrons. The number of aromatic amines is 1. The van der Waals surface area contributed by atoms with Crippen molar-refractivity contribution in [2.75, 3.05) is 31.1 Å². The van der Waals surface area contributed by atoms with Crippen LogP contribution in [0.25, 0.3) is 11.4 Å². The molecule has 1 saturated heterocycles. The average Bonchev–Trinajstić information content (AvgIpc) is 3.51. The molecule has 0 bridgehead atoms. The number of hydrazone groups is 1. The fraction of sp³-hybridized carbons (Fsp3) is 0.286. The number of carbonyl (C=O) groups is 1. The van der Waals surface area contributed by atoms with E-state index in [4.69, 9.17) is 0 Å². The molecule has 1 unspecified atom stereocenters. The highest BCUT2D eigenvalue weighted by Gasteiger charge is 2.33. The van der Waals surface area contributed by atoms with Gasteiger partial charge in [0, 0.05) is 45.0 Å². The maximum Gasteiger partial charge on any atom is 0.341 e. The molecular weight excluding hydrogens is 421 g/mol. The lowest BCUT2D eigenvalue weighted by Crippen LogP contribution is -2.52. The molecule has 12 heteroatoms. The van der Waals surface area contributed by atoms with Crippen LogP contribution in [-0.2, 0) is 0 Å². The normalized spacial score (nSPS) is 18.2. The van der Waals surface area contributed by atoms with Gasteiger partial charge in [0.1, 0.15) is 27.1 Å². The van der Waals surface area contributed by atoms with Crippen molar-refractivity contribution in [2.24, 2.45) is 5.10 Å². The summed E-state index contributed by atoms with van der Waals surface area (Å²) in [7, 11) is 4.12. The van der Waals surface area contributed by atoms with Crippen LogP contribution in [0.3, 0.4) is 0 Å². The van der Waals surface area contributed by atoms with Gasteiger partial charge in [0.05, 0.1) is 12.2 Å². The van der Waals surface area contributed by atoms with Crippen LogP contribution >= 0.6 is 0 Å². The molecule has 1 fully saturated rings. The van der Waals surface area contributed by atoms with Gasteiger partial charge in [-0.1, -0.05) is 29.1 Å². The van der Waals surface area contributed by atoms with Crippen molar-refractivity contribution >= 4 is 44.8 Å². The van der Waals surface area contributed by atoms with Gasteiger partial charge < -0.3 is 9.80 Å². The number of halogens is 1. The van der Waals surface area contributed by atoms with Gasteiger partial charge in [0.15, 0.2) is 5.82 Å². The number of piperazine rings is 1. The summed E-state index contributed by atoms with van der Waals surface area (Å²) >= 11 is 0. The second-order valence-corrected chi connectivity index (χ2v) is 8.40. The molecule has 4 heterocycles. The third-order valence-electron chi connectivity index (χ3n) is 5.96. The Morgan fingerprint density at radius 1 is 1.12 bits per heavy atom. The minimum Gasteiger partial charge on any atom is -0.337 e. The Bertz CT molecular complexity index is 1180. The molecule has 2 amide bonds. The number of rotatable bonds is 3. The zero-order valence-electron chi connectivity index (χ0n) is 18.6. The van der Waals surface area contributed by atoms with E-state index in [0.29, 0.717) is 44.2 Å². The largest absolute Gasteiger partial charge is 0.341 e. The van der Waals surface area contributed by atoms with E-state index in [2.05, 4.69) is 59.2 Å². The third-order valence-corrected chi connectivity index (χ3v) is 5.96. The summed E-state index contributed by atoms with van der Waals surface area (Å²) in [5.41, 5.74) is 4.03. The molecular formula is C21H23B2FN8O. The topological polar surface area (TPSA) is 93.6 Å². The summed E-state index contributed by atoms with van der Waals surface area (Å²) in [4.78, 5) is 25.6. The SMILES string of the molecule is Bc1cc(B)cc(C2CC=NN2C(=O)N2CCN(c3ncc(F)c(-c4cc[nH]n4)n3)CC2)c1. The number of amides is 2. The average molecular weight is 444 g/mol. The van der Waals surface area contributed by atoms with Crippen LogP contribution in [-0.4, -0.2) is 84.2 Å². The first-order valence-corrected chi connectivity index (χ1v) is 11.0. The molecule has 2 aliphatic heterocycles. The number of carbonyl (C=O) groups excluding carboxylic acids is 1. The number of anilines is 1. The highest BCUT2D eigenvalue weighted by molar-refractivity contribution is 6.37. The van der Waals surface area contributed by atoms with Crippen LogP contribution in [0.5, 0.6) is 0 Å². The molecule has 9 nitrogen and oxygen atoms in total. The van der Waals surface area contributed by atoms with Crippen LogP contribution in [0.2, 0.25) is 0 Å². The molecule has 0 aliphatic carbocycles. The molecule has 3 aromatic rings. The maximum absolute atomic E-state index is 14.2. The molecule has 1 N–H and O–H groups in total. The van der Waals surface area contributed by atoms with Crippen LogP contribution in [0.15, 0.2) is 41.8 Å². The third kappa shape index (κ3) is 4.20. The first-order chi connectivity index (χ1) is 16.0. The highest BCUT2D eigenvalue weighted by Crippen LogP contribution is 2.29. The zero-order chi connectivity index (χ0) is 22.9. The minimum absolute atomic E-state index is 0.0917. The van der Waals surface area contributed by atoms with Crippen molar-refractivity contribution in [3.05, 3.63) is 48.0 Å². The zero-order valence-corrected chi connectivity index (χ0v) is 18.6. The fourth-order valence-electron chi connectivity index (χ4n) is 4.40. The molecule has 1 aromatic carbocycles. The van der Waals surface area contributed by atoms with Gasteiger partial charge in [0.2, 0.25) is 5.95 Å². The van der Waals surface area contributed by atoms with Crippen molar-refractivity contribution in [2.45, 2.75) is 12.5 Å². The summed E-state index contributed by atoms with van der Waals surface area (Å²) in [6, 6.07) is 7.82. The van der Waals surface area contributed by atoms with Crippen molar-refractivity contribution in [1.29, 1.82) is 0 Å². The number of nitrogens with zero attached hydrogens (tertiary/aromatic N) is 7. The summed E-state index contributed by atoms with van der Waals surface area (Å²) in [6.07, 6.45) is 5.29. The smallest absolute Gasteiger partial charge is 0.337 e. The summed E-state index contributed by atoms with van der Waals surface area (Å²) in [6.45, 7) is 2.10. The summed E-state index contributed by atoms with van der Waals surface area (Å²) in [5, 5.41) is 12.7. The Morgan fingerprint density at radius 2 is 1.88 bits per heavy atom.